The van der Waals surface area contributed by atoms with E-state index in [9.17, 15) is 0 Å². The average molecular weight is 299 g/mol. The molecule has 0 radical (unpaired) electrons. The molecular formula is C14H17N7O. The van der Waals surface area contributed by atoms with E-state index in [2.05, 4.69) is 25.7 Å². The van der Waals surface area contributed by atoms with Crippen LogP contribution in [0.25, 0.3) is 17.1 Å². The molecule has 0 amide bonds. The lowest BCUT2D eigenvalue weighted by Gasteiger charge is -2.11. The summed E-state index contributed by atoms with van der Waals surface area (Å²) in [5, 5.41) is 11.0. The predicted molar refractivity (Wildman–Crippen MR) is 82.4 cm³/mol. The molecule has 1 saturated heterocycles. The minimum atomic E-state index is 0.296. The van der Waals surface area contributed by atoms with Gasteiger partial charge in [-0.1, -0.05) is 0 Å². The highest BCUT2D eigenvalue weighted by Crippen LogP contribution is 2.21. The molecule has 0 saturated carbocycles. The first kappa shape index (κ1) is 13.1. The lowest BCUT2D eigenvalue weighted by atomic mass is 10.2. The van der Waals surface area contributed by atoms with Crippen molar-refractivity contribution in [2.75, 3.05) is 24.1 Å². The van der Waals surface area contributed by atoms with Gasteiger partial charge >= 0.3 is 0 Å². The van der Waals surface area contributed by atoms with Crippen LogP contribution >= 0.6 is 0 Å². The third-order valence-electron chi connectivity index (χ3n) is 3.79. The third kappa shape index (κ3) is 2.37. The molecule has 0 bridgehead atoms. The van der Waals surface area contributed by atoms with Crippen LogP contribution in [0.3, 0.4) is 0 Å². The molecule has 3 aromatic rings. The summed E-state index contributed by atoms with van der Waals surface area (Å²) < 4.78 is 6.86. The van der Waals surface area contributed by atoms with E-state index in [1.54, 1.807) is 6.26 Å². The molecule has 1 unspecified atom stereocenters. The van der Waals surface area contributed by atoms with Gasteiger partial charge < -0.3 is 20.8 Å². The topological polar surface area (TPSA) is 106 Å². The zero-order valence-electron chi connectivity index (χ0n) is 12.0. The quantitative estimate of drug-likeness (QED) is 0.663. The highest BCUT2D eigenvalue weighted by atomic mass is 16.3. The van der Waals surface area contributed by atoms with Crippen molar-refractivity contribution in [3.05, 3.63) is 24.5 Å². The summed E-state index contributed by atoms with van der Waals surface area (Å²) in [5.74, 6) is 1.49. The maximum atomic E-state index is 5.97. The van der Waals surface area contributed by atoms with Gasteiger partial charge in [-0.3, -0.25) is 0 Å². The van der Waals surface area contributed by atoms with Crippen LogP contribution in [0.5, 0.6) is 0 Å². The number of furan rings is 1. The smallest absolute Gasteiger partial charge is 0.228 e. The standard InChI is InChI=1S/C14H17N7O/c15-13-19-14(17-8-9-3-1-5-16-9)18-12-7-10(20-21(12)13)11-4-2-6-22-11/h2,4,6-7,9,16H,1,3,5,8H2,(H3,15,17,18,19). The molecule has 8 nitrogen and oxygen atoms in total. The maximum Gasteiger partial charge on any atom is 0.228 e. The highest BCUT2D eigenvalue weighted by Gasteiger charge is 2.15. The van der Waals surface area contributed by atoms with E-state index in [0.29, 0.717) is 35.0 Å². The van der Waals surface area contributed by atoms with Gasteiger partial charge in [0.05, 0.1) is 6.26 Å². The van der Waals surface area contributed by atoms with Crippen LogP contribution in [-0.4, -0.2) is 38.7 Å². The van der Waals surface area contributed by atoms with Crippen molar-refractivity contribution in [1.82, 2.24) is 24.9 Å². The molecule has 4 heterocycles. The zero-order valence-corrected chi connectivity index (χ0v) is 12.0. The molecule has 1 aliphatic rings. The van der Waals surface area contributed by atoms with Crippen LogP contribution in [0.2, 0.25) is 0 Å². The minimum Gasteiger partial charge on any atom is -0.463 e. The first-order valence-electron chi connectivity index (χ1n) is 7.34. The van der Waals surface area contributed by atoms with Crippen molar-refractivity contribution >= 4 is 17.5 Å². The van der Waals surface area contributed by atoms with Gasteiger partial charge in [0.15, 0.2) is 11.4 Å². The van der Waals surface area contributed by atoms with Crippen molar-refractivity contribution in [3.63, 3.8) is 0 Å². The monoisotopic (exact) mass is 299 g/mol. The van der Waals surface area contributed by atoms with Crippen LogP contribution in [0.15, 0.2) is 28.9 Å². The van der Waals surface area contributed by atoms with Crippen molar-refractivity contribution in [2.24, 2.45) is 0 Å². The fourth-order valence-electron chi connectivity index (χ4n) is 2.68. The van der Waals surface area contributed by atoms with Crippen molar-refractivity contribution < 1.29 is 4.42 Å². The number of nitrogens with two attached hydrogens (primary N) is 1. The largest absolute Gasteiger partial charge is 0.463 e. The Labute approximate surface area is 126 Å². The molecule has 4 N–H and O–H groups in total. The van der Waals surface area contributed by atoms with E-state index >= 15 is 0 Å². The Bertz CT molecular complexity index is 774. The van der Waals surface area contributed by atoms with E-state index < -0.39 is 0 Å². The Morgan fingerprint density at radius 3 is 3.18 bits per heavy atom. The zero-order chi connectivity index (χ0) is 14.9. The van der Waals surface area contributed by atoms with Crippen LogP contribution in [0.4, 0.5) is 11.9 Å². The van der Waals surface area contributed by atoms with Gasteiger partial charge in [0.1, 0.15) is 5.69 Å². The molecule has 4 rings (SSSR count). The van der Waals surface area contributed by atoms with Gasteiger partial charge in [-0.2, -0.15) is 19.6 Å². The minimum absolute atomic E-state index is 0.296. The van der Waals surface area contributed by atoms with Crippen molar-refractivity contribution in [1.29, 1.82) is 0 Å². The molecule has 1 atom stereocenters. The number of aromatic nitrogens is 4. The Hall–Kier alpha value is -2.61. The molecule has 114 valence electrons. The number of rotatable bonds is 4. The van der Waals surface area contributed by atoms with Crippen LogP contribution in [0, 0.1) is 0 Å². The summed E-state index contributed by atoms with van der Waals surface area (Å²) in [7, 11) is 0. The third-order valence-corrected chi connectivity index (χ3v) is 3.79. The van der Waals surface area contributed by atoms with Gasteiger partial charge in [-0.15, -0.1) is 0 Å². The molecule has 8 heteroatoms. The van der Waals surface area contributed by atoms with Gasteiger partial charge in [-0.05, 0) is 31.5 Å². The molecule has 3 aromatic heterocycles. The van der Waals surface area contributed by atoms with E-state index in [1.807, 2.05) is 18.2 Å². The Morgan fingerprint density at radius 1 is 1.45 bits per heavy atom. The SMILES string of the molecule is Nc1nc(NCC2CCCN2)nc2cc(-c3ccco3)nn12. The summed E-state index contributed by atoms with van der Waals surface area (Å²) in [4.78, 5) is 8.71. The number of nitrogens with one attached hydrogen (secondary N) is 2. The van der Waals surface area contributed by atoms with Crippen LogP contribution in [0.1, 0.15) is 12.8 Å². The number of anilines is 2. The summed E-state index contributed by atoms with van der Waals surface area (Å²) >= 11 is 0. The second-order valence-corrected chi connectivity index (χ2v) is 5.36. The van der Waals surface area contributed by atoms with Crippen molar-refractivity contribution in [2.45, 2.75) is 18.9 Å². The molecule has 22 heavy (non-hydrogen) atoms. The van der Waals surface area contributed by atoms with Crippen LogP contribution in [-0.2, 0) is 0 Å². The van der Waals surface area contributed by atoms with E-state index in [4.69, 9.17) is 10.2 Å². The highest BCUT2D eigenvalue weighted by molar-refractivity contribution is 5.61. The average Bonchev–Trinajstić information content (AvgIpc) is 3.25. The fourth-order valence-corrected chi connectivity index (χ4v) is 2.68. The van der Waals surface area contributed by atoms with Gasteiger partial charge in [0, 0.05) is 18.7 Å². The summed E-state index contributed by atoms with van der Waals surface area (Å²) in [6.45, 7) is 1.86. The molecular weight excluding hydrogens is 282 g/mol. The number of fused-ring (bicyclic) bond motifs is 1. The van der Waals surface area contributed by atoms with Gasteiger partial charge in [0.25, 0.3) is 0 Å². The summed E-state index contributed by atoms with van der Waals surface area (Å²) in [5.41, 5.74) is 7.29. The number of nitrogen functional groups attached to an aromatic ring is 1. The lowest BCUT2D eigenvalue weighted by molar-refractivity contribution is 0.579. The summed E-state index contributed by atoms with van der Waals surface area (Å²) in [6, 6.07) is 5.95. The second-order valence-electron chi connectivity index (χ2n) is 5.36. The summed E-state index contributed by atoms with van der Waals surface area (Å²) in [6.07, 6.45) is 3.99. The van der Waals surface area contributed by atoms with E-state index in [0.717, 1.165) is 13.1 Å². The predicted octanol–water partition coefficient (Wildman–Crippen LogP) is 1.13. The molecule has 0 spiro atoms. The van der Waals surface area contributed by atoms with Crippen molar-refractivity contribution in [3.8, 4) is 11.5 Å². The lowest BCUT2D eigenvalue weighted by Crippen LogP contribution is -2.30. The van der Waals surface area contributed by atoms with Crippen LogP contribution < -0.4 is 16.4 Å². The van der Waals surface area contributed by atoms with E-state index in [1.165, 1.54) is 17.4 Å². The Balaban J connectivity index is 1.61. The van der Waals surface area contributed by atoms with E-state index in [-0.39, 0.29) is 0 Å². The maximum absolute atomic E-state index is 5.97. The Morgan fingerprint density at radius 2 is 2.41 bits per heavy atom. The normalized spacial score (nSPS) is 18.1. The Kier molecular flexibility index (Phi) is 3.15. The molecule has 0 aromatic carbocycles. The molecule has 1 fully saturated rings. The first-order valence-corrected chi connectivity index (χ1v) is 7.34. The number of nitrogens with zero attached hydrogens (tertiary/aromatic N) is 4. The molecule has 0 aliphatic carbocycles. The fraction of sp³-hybridized carbons (Fsp3) is 0.357. The number of hydrogen-bond donors (Lipinski definition) is 3. The van der Waals surface area contributed by atoms with Gasteiger partial charge in [0.2, 0.25) is 11.9 Å². The molecule has 1 aliphatic heterocycles. The number of hydrogen-bond acceptors (Lipinski definition) is 7. The first-order chi connectivity index (χ1) is 10.8. The van der Waals surface area contributed by atoms with Gasteiger partial charge in [-0.25, -0.2) is 0 Å². The second kappa shape index (κ2) is 5.30.